The maximum absolute atomic E-state index is 12.6. The van der Waals surface area contributed by atoms with Gasteiger partial charge in [-0.25, -0.2) is 0 Å². The molecular formula is C22H23NO4. The monoisotopic (exact) mass is 365 g/mol. The van der Waals surface area contributed by atoms with E-state index in [2.05, 4.69) is 11.4 Å². The predicted molar refractivity (Wildman–Crippen MR) is 103 cm³/mol. The fourth-order valence-corrected chi connectivity index (χ4v) is 3.99. The first-order chi connectivity index (χ1) is 13.1. The van der Waals surface area contributed by atoms with Gasteiger partial charge in [-0.3, -0.25) is 9.59 Å². The van der Waals surface area contributed by atoms with Crippen LogP contribution in [0.25, 0.3) is 11.1 Å². The van der Waals surface area contributed by atoms with Crippen molar-refractivity contribution in [1.82, 2.24) is 0 Å². The average Bonchev–Trinajstić information content (AvgIpc) is 3.16. The van der Waals surface area contributed by atoms with Crippen molar-refractivity contribution in [2.45, 2.75) is 32.1 Å². The van der Waals surface area contributed by atoms with Crippen LogP contribution < -0.4 is 10.1 Å². The molecule has 27 heavy (non-hydrogen) atoms. The number of carboxylic acids is 1. The zero-order chi connectivity index (χ0) is 18.8. The van der Waals surface area contributed by atoms with Crippen LogP contribution in [-0.4, -0.2) is 23.6 Å². The lowest BCUT2D eigenvalue weighted by molar-refractivity contribution is -0.143. The van der Waals surface area contributed by atoms with E-state index in [1.807, 2.05) is 36.4 Å². The molecule has 0 aromatic heterocycles. The summed E-state index contributed by atoms with van der Waals surface area (Å²) in [5.41, 5.74) is 4.15. The van der Waals surface area contributed by atoms with Gasteiger partial charge in [0.1, 0.15) is 5.75 Å². The van der Waals surface area contributed by atoms with Crippen molar-refractivity contribution in [1.29, 1.82) is 0 Å². The van der Waals surface area contributed by atoms with Crippen molar-refractivity contribution in [3.63, 3.8) is 0 Å². The second-order valence-electron chi connectivity index (χ2n) is 7.38. The Morgan fingerprint density at radius 1 is 0.963 bits per heavy atom. The molecular weight excluding hydrogens is 342 g/mol. The SMILES string of the molecule is O=C(O)C1CCC(C(=O)Nc2cccc(-c3ccc4c(c3)CCO4)c2)CC1. The fraction of sp³-hybridized carbons (Fsp3) is 0.364. The van der Waals surface area contributed by atoms with Crippen LogP contribution in [0.1, 0.15) is 31.2 Å². The molecule has 2 aliphatic rings. The highest BCUT2D eigenvalue weighted by Crippen LogP contribution is 2.32. The van der Waals surface area contributed by atoms with E-state index in [4.69, 9.17) is 9.84 Å². The summed E-state index contributed by atoms with van der Waals surface area (Å²) < 4.78 is 5.56. The summed E-state index contributed by atoms with van der Waals surface area (Å²) in [6, 6.07) is 14.0. The van der Waals surface area contributed by atoms with Crippen molar-refractivity contribution in [2.75, 3.05) is 11.9 Å². The highest BCUT2D eigenvalue weighted by Gasteiger charge is 2.29. The number of rotatable bonds is 4. The summed E-state index contributed by atoms with van der Waals surface area (Å²) in [4.78, 5) is 23.6. The number of carbonyl (C=O) groups excluding carboxylic acids is 1. The molecule has 0 unspecified atom stereocenters. The minimum Gasteiger partial charge on any atom is -0.493 e. The first-order valence-electron chi connectivity index (χ1n) is 9.50. The Morgan fingerprint density at radius 3 is 2.48 bits per heavy atom. The van der Waals surface area contributed by atoms with Gasteiger partial charge in [0.05, 0.1) is 12.5 Å². The van der Waals surface area contributed by atoms with Gasteiger partial charge in [-0.15, -0.1) is 0 Å². The van der Waals surface area contributed by atoms with Crippen LogP contribution in [0.5, 0.6) is 5.75 Å². The highest BCUT2D eigenvalue weighted by atomic mass is 16.5. The Kier molecular flexibility index (Phi) is 4.84. The Hall–Kier alpha value is -2.82. The van der Waals surface area contributed by atoms with Crippen LogP contribution in [0.4, 0.5) is 5.69 Å². The first kappa shape index (κ1) is 17.6. The van der Waals surface area contributed by atoms with Gasteiger partial charge < -0.3 is 15.2 Å². The van der Waals surface area contributed by atoms with E-state index in [1.54, 1.807) is 0 Å². The van der Waals surface area contributed by atoms with Gasteiger partial charge in [0, 0.05) is 18.0 Å². The van der Waals surface area contributed by atoms with Crippen LogP contribution >= 0.6 is 0 Å². The Labute approximate surface area is 158 Å². The smallest absolute Gasteiger partial charge is 0.306 e. The summed E-state index contributed by atoms with van der Waals surface area (Å²) in [6.45, 7) is 0.735. The van der Waals surface area contributed by atoms with Gasteiger partial charge >= 0.3 is 5.97 Å². The van der Waals surface area contributed by atoms with E-state index < -0.39 is 5.97 Å². The molecule has 0 radical (unpaired) electrons. The number of anilines is 1. The standard InChI is InChI=1S/C22H23NO4/c24-21(14-4-6-15(7-5-14)22(25)26)23-19-3-1-2-16(13-19)17-8-9-20-18(12-17)10-11-27-20/h1-3,8-9,12-15H,4-7,10-11H2,(H,23,24)(H,25,26). The first-order valence-corrected chi connectivity index (χ1v) is 9.50. The Bertz CT molecular complexity index is 868. The normalized spacial score (nSPS) is 21.2. The molecule has 2 aromatic rings. The third kappa shape index (κ3) is 3.82. The average molecular weight is 365 g/mol. The van der Waals surface area contributed by atoms with E-state index in [9.17, 15) is 9.59 Å². The minimum absolute atomic E-state index is 0.0154. The Morgan fingerprint density at radius 2 is 1.70 bits per heavy atom. The van der Waals surface area contributed by atoms with Crippen LogP contribution in [0.2, 0.25) is 0 Å². The summed E-state index contributed by atoms with van der Waals surface area (Å²) in [7, 11) is 0. The number of fused-ring (bicyclic) bond motifs is 1. The number of carbonyl (C=O) groups is 2. The fourth-order valence-electron chi connectivity index (χ4n) is 3.99. The summed E-state index contributed by atoms with van der Waals surface area (Å²) in [5, 5.41) is 12.1. The molecule has 5 nitrogen and oxygen atoms in total. The molecule has 0 bridgehead atoms. The molecule has 140 valence electrons. The second-order valence-corrected chi connectivity index (χ2v) is 7.38. The molecule has 1 fully saturated rings. The van der Waals surface area contributed by atoms with E-state index in [-0.39, 0.29) is 17.7 Å². The van der Waals surface area contributed by atoms with Gasteiger partial charge in [-0.1, -0.05) is 18.2 Å². The molecule has 0 spiro atoms. The number of aliphatic carboxylic acids is 1. The number of benzene rings is 2. The third-order valence-electron chi connectivity index (χ3n) is 5.60. The lowest BCUT2D eigenvalue weighted by atomic mass is 9.81. The molecule has 1 saturated carbocycles. The van der Waals surface area contributed by atoms with Crippen molar-refractivity contribution >= 4 is 17.6 Å². The van der Waals surface area contributed by atoms with E-state index in [0.717, 1.165) is 35.6 Å². The van der Waals surface area contributed by atoms with Crippen LogP contribution in [0.15, 0.2) is 42.5 Å². The Balaban J connectivity index is 1.44. The van der Waals surface area contributed by atoms with Gasteiger partial charge in [0.2, 0.25) is 5.91 Å². The molecule has 1 aliphatic heterocycles. The zero-order valence-corrected chi connectivity index (χ0v) is 15.1. The molecule has 1 heterocycles. The molecule has 5 heteroatoms. The van der Waals surface area contributed by atoms with Crippen LogP contribution in [-0.2, 0) is 16.0 Å². The number of amides is 1. The zero-order valence-electron chi connectivity index (χ0n) is 15.1. The molecule has 2 N–H and O–H groups in total. The second kappa shape index (κ2) is 7.43. The van der Waals surface area contributed by atoms with E-state index >= 15 is 0 Å². The topological polar surface area (TPSA) is 75.6 Å². The molecule has 1 amide bonds. The summed E-state index contributed by atoms with van der Waals surface area (Å²) in [5.74, 6) is -0.220. The van der Waals surface area contributed by atoms with Crippen LogP contribution in [0.3, 0.4) is 0 Å². The number of hydrogen-bond donors (Lipinski definition) is 2. The van der Waals surface area contributed by atoms with Crippen molar-refractivity contribution in [3.05, 3.63) is 48.0 Å². The number of carboxylic acid groups (broad SMARTS) is 1. The molecule has 1 aliphatic carbocycles. The van der Waals surface area contributed by atoms with Crippen molar-refractivity contribution in [2.24, 2.45) is 11.8 Å². The number of nitrogens with one attached hydrogen (secondary N) is 1. The highest BCUT2D eigenvalue weighted by molar-refractivity contribution is 5.93. The van der Waals surface area contributed by atoms with Crippen molar-refractivity contribution < 1.29 is 19.4 Å². The van der Waals surface area contributed by atoms with Gasteiger partial charge in [0.25, 0.3) is 0 Å². The third-order valence-corrected chi connectivity index (χ3v) is 5.60. The lowest BCUT2D eigenvalue weighted by Gasteiger charge is -2.25. The molecule has 0 saturated heterocycles. The summed E-state index contributed by atoms with van der Waals surface area (Å²) in [6.07, 6.45) is 3.34. The summed E-state index contributed by atoms with van der Waals surface area (Å²) >= 11 is 0. The molecule has 4 rings (SSSR count). The van der Waals surface area contributed by atoms with Gasteiger partial charge in [-0.2, -0.15) is 0 Å². The van der Waals surface area contributed by atoms with Gasteiger partial charge in [0.15, 0.2) is 0 Å². The van der Waals surface area contributed by atoms with Crippen LogP contribution in [0, 0.1) is 11.8 Å². The largest absolute Gasteiger partial charge is 0.493 e. The van der Waals surface area contributed by atoms with E-state index in [0.29, 0.717) is 25.7 Å². The maximum Gasteiger partial charge on any atom is 0.306 e. The predicted octanol–water partition coefficient (Wildman–Crippen LogP) is 4.12. The lowest BCUT2D eigenvalue weighted by Crippen LogP contribution is -2.29. The minimum atomic E-state index is -0.749. The quantitative estimate of drug-likeness (QED) is 0.855. The maximum atomic E-state index is 12.6. The molecule has 0 atom stereocenters. The number of hydrogen-bond acceptors (Lipinski definition) is 3. The van der Waals surface area contributed by atoms with E-state index in [1.165, 1.54) is 5.56 Å². The number of ether oxygens (including phenoxy) is 1. The molecule has 2 aromatic carbocycles. The van der Waals surface area contributed by atoms with Gasteiger partial charge in [-0.05, 0) is 66.6 Å². The van der Waals surface area contributed by atoms with Crippen molar-refractivity contribution in [3.8, 4) is 16.9 Å².